The standard InChI is InChI=1S/C12H24N2O/c1-10-9-14(5-6-15-10)12-4-3-11(7-12)8-13-2/h10-13H,3-9H2,1-2H3. The first-order chi connectivity index (χ1) is 7.29. The smallest absolute Gasteiger partial charge is 0.0674 e. The van der Waals surface area contributed by atoms with E-state index in [4.69, 9.17) is 4.74 Å². The maximum atomic E-state index is 5.59. The Labute approximate surface area is 93.2 Å². The average Bonchev–Trinajstić information content (AvgIpc) is 2.67. The molecule has 1 saturated carbocycles. The number of hydrogen-bond acceptors (Lipinski definition) is 3. The molecule has 0 spiro atoms. The molecule has 1 aliphatic heterocycles. The molecule has 3 nitrogen and oxygen atoms in total. The van der Waals surface area contributed by atoms with Gasteiger partial charge in [-0.2, -0.15) is 0 Å². The van der Waals surface area contributed by atoms with Crippen LogP contribution in [0, 0.1) is 5.92 Å². The third kappa shape index (κ3) is 2.92. The lowest BCUT2D eigenvalue weighted by Gasteiger charge is -2.35. The molecular formula is C12H24N2O. The molecule has 3 atom stereocenters. The van der Waals surface area contributed by atoms with Gasteiger partial charge in [0, 0.05) is 19.1 Å². The largest absolute Gasteiger partial charge is 0.376 e. The van der Waals surface area contributed by atoms with Gasteiger partial charge in [-0.25, -0.2) is 0 Å². The molecule has 2 rings (SSSR count). The van der Waals surface area contributed by atoms with Crippen LogP contribution in [0.15, 0.2) is 0 Å². The van der Waals surface area contributed by atoms with Crippen LogP contribution in [0.5, 0.6) is 0 Å². The van der Waals surface area contributed by atoms with Gasteiger partial charge >= 0.3 is 0 Å². The molecule has 88 valence electrons. The summed E-state index contributed by atoms with van der Waals surface area (Å²) in [6.07, 6.45) is 4.60. The van der Waals surface area contributed by atoms with E-state index in [9.17, 15) is 0 Å². The number of ether oxygens (including phenoxy) is 1. The van der Waals surface area contributed by atoms with E-state index in [0.29, 0.717) is 6.10 Å². The third-order valence-corrected chi connectivity index (χ3v) is 3.80. The molecule has 0 aromatic rings. The van der Waals surface area contributed by atoms with Crippen LogP contribution in [0.3, 0.4) is 0 Å². The fourth-order valence-corrected chi connectivity index (χ4v) is 3.03. The summed E-state index contributed by atoms with van der Waals surface area (Å²) < 4.78 is 5.59. The molecule has 3 heteroatoms. The fourth-order valence-electron chi connectivity index (χ4n) is 3.03. The Morgan fingerprint density at radius 3 is 3.00 bits per heavy atom. The maximum Gasteiger partial charge on any atom is 0.0674 e. The quantitative estimate of drug-likeness (QED) is 0.758. The Kier molecular flexibility index (Phi) is 4.00. The highest BCUT2D eigenvalue weighted by Gasteiger charge is 2.30. The predicted octanol–water partition coefficient (Wildman–Crippen LogP) is 1.10. The second-order valence-corrected chi connectivity index (χ2v) is 5.07. The zero-order valence-corrected chi connectivity index (χ0v) is 10.0. The first kappa shape index (κ1) is 11.4. The molecule has 0 bridgehead atoms. The molecular weight excluding hydrogens is 188 g/mol. The first-order valence-corrected chi connectivity index (χ1v) is 6.30. The summed E-state index contributed by atoms with van der Waals surface area (Å²) in [7, 11) is 2.06. The van der Waals surface area contributed by atoms with Crippen molar-refractivity contribution in [3.05, 3.63) is 0 Å². The van der Waals surface area contributed by atoms with Crippen LogP contribution in [0.2, 0.25) is 0 Å². The SMILES string of the molecule is CNCC1CCC(N2CCOC(C)C2)C1. The Hall–Kier alpha value is -0.120. The van der Waals surface area contributed by atoms with Crippen molar-refractivity contribution in [1.82, 2.24) is 10.2 Å². The molecule has 15 heavy (non-hydrogen) atoms. The normalized spacial score (nSPS) is 38.4. The van der Waals surface area contributed by atoms with Crippen LogP contribution >= 0.6 is 0 Å². The topological polar surface area (TPSA) is 24.5 Å². The van der Waals surface area contributed by atoms with Crippen LogP contribution in [0.1, 0.15) is 26.2 Å². The fraction of sp³-hybridized carbons (Fsp3) is 1.00. The van der Waals surface area contributed by atoms with E-state index in [-0.39, 0.29) is 0 Å². The van der Waals surface area contributed by atoms with Crippen molar-refractivity contribution >= 4 is 0 Å². The van der Waals surface area contributed by atoms with Crippen molar-refractivity contribution in [1.29, 1.82) is 0 Å². The summed E-state index contributed by atoms with van der Waals surface area (Å²) in [5, 5.41) is 3.30. The Bertz CT molecular complexity index is 198. The minimum absolute atomic E-state index is 0.433. The molecule has 1 aliphatic carbocycles. The average molecular weight is 212 g/mol. The van der Waals surface area contributed by atoms with Gasteiger partial charge in [-0.3, -0.25) is 4.90 Å². The van der Waals surface area contributed by atoms with E-state index >= 15 is 0 Å². The molecule has 0 aromatic carbocycles. The van der Waals surface area contributed by atoms with Gasteiger partial charge < -0.3 is 10.1 Å². The van der Waals surface area contributed by atoms with Gasteiger partial charge in [0.15, 0.2) is 0 Å². The van der Waals surface area contributed by atoms with Gasteiger partial charge in [0.2, 0.25) is 0 Å². The van der Waals surface area contributed by atoms with Crippen LogP contribution in [0.4, 0.5) is 0 Å². The Morgan fingerprint density at radius 1 is 1.40 bits per heavy atom. The van der Waals surface area contributed by atoms with Gasteiger partial charge in [-0.1, -0.05) is 0 Å². The van der Waals surface area contributed by atoms with Crippen molar-refractivity contribution in [2.45, 2.75) is 38.3 Å². The summed E-state index contributed by atoms with van der Waals surface area (Å²) in [6.45, 7) is 6.58. The van der Waals surface area contributed by atoms with Crippen LogP contribution in [-0.4, -0.2) is 50.3 Å². The van der Waals surface area contributed by atoms with Crippen LogP contribution in [0.25, 0.3) is 0 Å². The van der Waals surface area contributed by atoms with Crippen molar-refractivity contribution in [3.63, 3.8) is 0 Å². The van der Waals surface area contributed by atoms with E-state index in [1.54, 1.807) is 0 Å². The van der Waals surface area contributed by atoms with E-state index in [1.165, 1.54) is 25.8 Å². The second kappa shape index (κ2) is 5.28. The summed E-state index contributed by atoms with van der Waals surface area (Å²) in [5.41, 5.74) is 0. The number of rotatable bonds is 3. The molecule has 1 heterocycles. The number of morpholine rings is 1. The minimum Gasteiger partial charge on any atom is -0.376 e. The summed E-state index contributed by atoms with van der Waals surface area (Å²) >= 11 is 0. The molecule has 2 aliphatic rings. The maximum absolute atomic E-state index is 5.59. The highest BCUT2D eigenvalue weighted by Crippen LogP contribution is 2.29. The summed E-state index contributed by atoms with van der Waals surface area (Å²) in [6, 6.07) is 0.828. The van der Waals surface area contributed by atoms with E-state index < -0.39 is 0 Å². The molecule has 1 saturated heterocycles. The lowest BCUT2D eigenvalue weighted by molar-refractivity contribution is -0.0335. The Morgan fingerprint density at radius 2 is 2.27 bits per heavy atom. The van der Waals surface area contributed by atoms with E-state index in [2.05, 4.69) is 24.2 Å². The zero-order chi connectivity index (χ0) is 10.7. The molecule has 3 unspecified atom stereocenters. The van der Waals surface area contributed by atoms with Gasteiger partial charge in [-0.05, 0) is 45.7 Å². The van der Waals surface area contributed by atoms with Gasteiger partial charge in [0.1, 0.15) is 0 Å². The van der Waals surface area contributed by atoms with Gasteiger partial charge in [0.25, 0.3) is 0 Å². The van der Waals surface area contributed by atoms with Crippen molar-refractivity contribution in [2.75, 3.05) is 33.3 Å². The number of nitrogens with one attached hydrogen (secondary N) is 1. The van der Waals surface area contributed by atoms with Crippen LogP contribution in [-0.2, 0) is 4.74 Å². The third-order valence-electron chi connectivity index (χ3n) is 3.80. The number of nitrogens with zero attached hydrogens (tertiary/aromatic N) is 1. The molecule has 0 aromatic heterocycles. The lowest BCUT2D eigenvalue weighted by atomic mass is 10.1. The van der Waals surface area contributed by atoms with Crippen molar-refractivity contribution in [3.8, 4) is 0 Å². The van der Waals surface area contributed by atoms with Crippen molar-refractivity contribution < 1.29 is 4.74 Å². The second-order valence-electron chi connectivity index (χ2n) is 5.07. The highest BCUT2D eigenvalue weighted by atomic mass is 16.5. The lowest BCUT2D eigenvalue weighted by Crippen LogP contribution is -2.46. The zero-order valence-electron chi connectivity index (χ0n) is 10.0. The number of hydrogen-bond donors (Lipinski definition) is 1. The van der Waals surface area contributed by atoms with E-state index in [0.717, 1.165) is 31.7 Å². The monoisotopic (exact) mass is 212 g/mol. The highest BCUT2D eigenvalue weighted by molar-refractivity contribution is 4.85. The van der Waals surface area contributed by atoms with Crippen molar-refractivity contribution in [2.24, 2.45) is 5.92 Å². The van der Waals surface area contributed by atoms with Gasteiger partial charge in [0.05, 0.1) is 12.7 Å². The molecule has 1 N–H and O–H groups in total. The minimum atomic E-state index is 0.433. The Balaban J connectivity index is 1.79. The predicted molar refractivity (Wildman–Crippen MR) is 62.0 cm³/mol. The first-order valence-electron chi connectivity index (χ1n) is 6.30. The molecule has 2 fully saturated rings. The summed E-state index contributed by atoms with van der Waals surface area (Å²) in [5.74, 6) is 0.901. The molecule has 0 amide bonds. The van der Waals surface area contributed by atoms with Gasteiger partial charge in [-0.15, -0.1) is 0 Å². The van der Waals surface area contributed by atoms with E-state index in [1.807, 2.05) is 0 Å². The summed E-state index contributed by atoms with van der Waals surface area (Å²) in [4.78, 5) is 2.64. The molecule has 0 radical (unpaired) electrons. The van der Waals surface area contributed by atoms with Crippen LogP contribution < -0.4 is 5.32 Å².